The predicted molar refractivity (Wildman–Crippen MR) is 81.3 cm³/mol. The van der Waals surface area contributed by atoms with Gasteiger partial charge in [0.15, 0.2) is 0 Å². The molecule has 110 valence electrons. The number of benzene rings is 2. The fraction of sp³-hybridized carbons (Fsp3) is 0.235. The Kier molecular flexibility index (Phi) is 5.35. The summed E-state index contributed by atoms with van der Waals surface area (Å²) < 4.78 is 10.4. The summed E-state index contributed by atoms with van der Waals surface area (Å²) in [5, 5.41) is 0. The summed E-state index contributed by atoms with van der Waals surface area (Å²) in [7, 11) is 1.37. The number of hydrogen-bond donors (Lipinski definition) is 1. The van der Waals surface area contributed by atoms with Crippen molar-refractivity contribution < 1.29 is 14.3 Å². The second kappa shape index (κ2) is 7.45. The average Bonchev–Trinajstić information content (AvgIpc) is 2.54. The van der Waals surface area contributed by atoms with Gasteiger partial charge in [0, 0.05) is 0 Å². The molecule has 21 heavy (non-hydrogen) atoms. The molecule has 0 spiro atoms. The number of esters is 1. The van der Waals surface area contributed by atoms with E-state index < -0.39 is 0 Å². The summed E-state index contributed by atoms with van der Waals surface area (Å²) in [4.78, 5) is 11.5. The average molecular weight is 285 g/mol. The monoisotopic (exact) mass is 285 g/mol. The largest absolute Gasteiger partial charge is 0.489 e. The number of carbonyl (C=O) groups excluding carboxylic acids is 1. The van der Waals surface area contributed by atoms with E-state index >= 15 is 0 Å². The van der Waals surface area contributed by atoms with Crippen LogP contribution in [0.3, 0.4) is 0 Å². The van der Waals surface area contributed by atoms with E-state index in [-0.39, 0.29) is 5.97 Å². The number of hydrogen-bond acceptors (Lipinski definition) is 4. The molecule has 0 saturated carbocycles. The van der Waals surface area contributed by atoms with Crippen molar-refractivity contribution in [2.24, 2.45) is 5.73 Å². The predicted octanol–water partition coefficient (Wildman–Crippen LogP) is 2.55. The molecule has 0 bridgehead atoms. The molecule has 0 atom stereocenters. The van der Waals surface area contributed by atoms with E-state index in [1.807, 2.05) is 36.4 Å². The van der Waals surface area contributed by atoms with Gasteiger partial charge in [0.05, 0.1) is 12.7 Å². The number of carbonyl (C=O) groups is 1. The minimum Gasteiger partial charge on any atom is -0.489 e. The fourth-order valence-corrected chi connectivity index (χ4v) is 1.99. The van der Waals surface area contributed by atoms with Gasteiger partial charge in [0.25, 0.3) is 0 Å². The maximum absolute atomic E-state index is 11.5. The Labute approximate surface area is 124 Å². The lowest BCUT2D eigenvalue weighted by Crippen LogP contribution is -2.03. The van der Waals surface area contributed by atoms with E-state index in [0.717, 1.165) is 17.7 Å². The highest BCUT2D eigenvalue weighted by Gasteiger charge is 2.05. The highest BCUT2D eigenvalue weighted by atomic mass is 16.5. The molecule has 0 radical (unpaired) electrons. The maximum Gasteiger partial charge on any atom is 0.337 e. The number of nitrogens with two attached hydrogens (primary N) is 1. The summed E-state index contributed by atoms with van der Waals surface area (Å²) in [6.07, 6.45) is 0.863. The molecular formula is C17H19NO3. The molecule has 0 aliphatic heterocycles. The van der Waals surface area contributed by atoms with Crippen molar-refractivity contribution in [3.63, 3.8) is 0 Å². The van der Waals surface area contributed by atoms with E-state index in [1.54, 1.807) is 12.1 Å². The molecule has 0 aliphatic rings. The van der Waals surface area contributed by atoms with Crippen LogP contribution in [0.5, 0.6) is 5.75 Å². The van der Waals surface area contributed by atoms with Crippen molar-refractivity contribution in [3.05, 3.63) is 65.2 Å². The maximum atomic E-state index is 11.5. The van der Waals surface area contributed by atoms with Gasteiger partial charge in [0.1, 0.15) is 12.4 Å². The summed E-state index contributed by atoms with van der Waals surface area (Å²) in [6, 6.07) is 15.1. The first-order valence-corrected chi connectivity index (χ1v) is 6.82. The van der Waals surface area contributed by atoms with E-state index in [4.69, 9.17) is 15.2 Å². The van der Waals surface area contributed by atoms with E-state index in [1.165, 1.54) is 12.7 Å². The molecule has 0 unspecified atom stereocenters. The quantitative estimate of drug-likeness (QED) is 0.829. The van der Waals surface area contributed by atoms with E-state index in [2.05, 4.69) is 0 Å². The second-order valence-corrected chi connectivity index (χ2v) is 4.66. The van der Waals surface area contributed by atoms with Crippen LogP contribution in [0, 0.1) is 0 Å². The van der Waals surface area contributed by atoms with Crippen LogP contribution < -0.4 is 10.5 Å². The molecule has 0 heterocycles. The third-order valence-electron chi connectivity index (χ3n) is 3.11. The Morgan fingerprint density at radius 2 is 1.86 bits per heavy atom. The molecule has 4 nitrogen and oxygen atoms in total. The molecule has 0 amide bonds. The summed E-state index contributed by atoms with van der Waals surface area (Å²) in [5.74, 6) is 0.447. The van der Waals surface area contributed by atoms with Gasteiger partial charge in [-0.2, -0.15) is 0 Å². The molecule has 2 aromatic rings. The molecule has 2 rings (SSSR count). The van der Waals surface area contributed by atoms with Gasteiger partial charge in [-0.25, -0.2) is 4.79 Å². The van der Waals surface area contributed by atoms with Gasteiger partial charge in [-0.15, -0.1) is 0 Å². The van der Waals surface area contributed by atoms with Gasteiger partial charge in [0.2, 0.25) is 0 Å². The Bertz CT molecular complexity index is 593. The zero-order valence-electron chi connectivity index (χ0n) is 12.0. The Balaban J connectivity index is 1.97. The van der Waals surface area contributed by atoms with E-state index in [0.29, 0.717) is 18.7 Å². The molecule has 4 heteroatoms. The minimum atomic E-state index is -0.344. The van der Waals surface area contributed by atoms with Crippen LogP contribution in [-0.4, -0.2) is 19.6 Å². The fourth-order valence-electron chi connectivity index (χ4n) is 1.99. The first-order valence-electron chi connectivity index (χ1n) is 6.82. The summed E-state index contributed by atoms with van der Waals surface area (Å²) >= 11 is 0. The Hall–Kier alpha value is -2.33. The topological polar surface area (TPSA) is 61.5 Å². The van der Waals surface area contributed by atoms with Crippen molar-refractivity contribution in [2.45, 2.75) is 13.0 Å². The molecule has 0 fully saturated rings. The molecular weight excluding hydrogens is 266 g/mol. The molecule has 2 N–H and O–H groups in total. The van der Waals surface area contributed by atoms with Crippen LogP contribution in [0.2, 0.25) is 0 Å². The Morgan fingerprint density at radius 1 is 1.10 bits per heavy atom. The smallest absolute Gasteiger partial charge is 0.337 e. The van der Waals surface area contributed by atoms with Crippen molar-refractivity contribution >= 4 is 5.97 Å². The molecule has 0 aromatic heterocycles. The van der Waals surface area contributed by atoms with Gasteiger partial charge < -0.3 is 15.2 Å². The molecule has 2 aromatic carbocycles. The van der Waals surface area contributed by atoms with Gasteiger partial charge >= 0.3 is 5.97 Å². The third-order valence-corrected chi connectivity index (χ3v) is 3.11. The summed E-state index contributed by atoms with van der Waals surface area (Å²) in [6.45, 7) is 1.04. The zero-order valence-corrected chi connectivity index (χ0v) is 12.0. The van der Waals surface area contributed by atoms with Crippen LogP contribution in [0.25, 0.3) is 0 Å². The second-order valence-electron chi connectivity index (χ2n) is 4.66. The van der Waals surface area contributed by atoms with Crippen LogP contribution in [-0.2, 0) is 17.8 Å². The van der Waals surface area contributed by atoms with E-state index in [9.17, 15) is 4.79 Å². The third kappa shape index (κ3) is 4.33. The van der Waals surface area contributed by atoms with Crippen LogP contribution in [0.15, 0.2) is 48.5 Å². The first kappa shape index (κ1) is 15.1. The highest BCUT2D eigenvalue weighted by molar-refractivity contribution is 5.89. The summed E-state index contributed by atoms with van der Waals surface area (Å²) in [5.41, 5.74) is 8.15. The van der Waals surface area contributed by atoms with Crippen molar-refractivity contribution in [3.8, 4) is 5.75 Å². The Morgan fingerprint density at radius 3 is 2.52 bits per heavy atom. The number of rotatable bonds is 6. The van der Waals surface area contributed by atoms with Gasteiger partial charge in [-0.05, 0) is 48.4 Å². The molecule has 0 saturated heterocycles. The lowest BCUT2D eigenvalue weighted by atomic mass is 10.1. The van der Waals surface area contributed by atoms with Gasteiger partial charge in [-0.3, -0.25) is 0 Å². The van der Waals surface area contributed by atoms with Gasteiger partial charge in [-0.1, -0.05) is 24.3 Å². The minimum absolute atomic E-state index is 0.344. The normalized spacial score (nSPS) is 10.2. The highest BCUT2D eigenvalue weighted by Crippen LogP contribution is 2.15. The molecule has 0 aliphatic carbocycles. The van der Waals surface area contributed by atoms with Crippen LogP contribution >= 0.6 is 0 Å². The number of methoxy groups -OCH3 is 1. The van der Waals surface area contributed by atoms with Crippen molar-refractivity contribution in [2.75, 3.05) is 13.7 Å². The first-order chi connectivity index (χ1) is 10.2. The zero-order chi connectivity index (χ0) is 15.1. The van der Waals surface area contributed by atoms with Crippen LogP contribution in [0.4, 0.5) is 0 Å². The SMILES string of the molecule is COC(=O)c1cccc(COc2ccc(CCN)cc2)c1. The number of ether oxygens (including phenoxy) is 2. The van der Waals surface area contributed by atoms with Crippen molar-refractivity contribution in [1.82, 2.24) is 0 Å². The standard InChI is InChI=1S/C17H19NO3/c1-20-17(19)15-4-2-3-14(11-15)12-21-16-7-5-13(6-8-16)9-10-18/h2-8,11H,9-10,12,18H2,1H3. The van der Waals surface area contributed by atoms with Crippen LogP contribution in [0.1, 0.15) is 21.5 Å². The lowest BCUT2D eigenvalue weighted by molar-refractivity contribution is 0.0600. The lowest BCUT2D eigenvalue weighted by Gasteiger charge is -2.08. The van der Waals surface area contributed by atoms with Crippen molar-refractivity contribution in [1.29, 1.82) is 0 Å².